The van der Waals surface area contributed by atoms with E-state index in [1.165, 1.54) is 29.8 Å². The first-order valence-electron chi connectivity index (χ1n) is 7.10. The molecule has 9 nitrogen and oxygen atoms in total. The highest BCUT2D eigenvalue weighted by molar-refractivity contribution is 7.19. The van der Waals surface area contributed by atoms with Crippen LogP contribution in [0.15, 0.2) is 5.38 Å². The fraction of sp³-hybridized carbons (Fsp3) is 0.357. The van der Waals surface area contributed by atoms with Crippen molar-refractivity contribution in [1.29, 1.82) is 5.26 Å². The van der Waals surface area contributed by atoms with Crippen molar-refractivity contribution in [2.24, 2.45) is 0 Å². The minimum Gasteiger partial charge on any atom is -0.469 e. The third-order valence-corrected chi connectivity index (χ3v) is 4.79. The smallest absolute Gasteiger partial charge is 0.431 e. The fourth-order valence-corrected chi connectivity index (χ4v) is 3.39. The highest BCUT2D eigenvalue weighted by Gasteiger charge is 2.14. The van der Waals surface area contributed by atoms with Crippen molar-refractivity contribution in [2.45, 2.75) is 19.8 Å². The number of anilines is 1. The van der Waals surface area contributed by atoms with Crippen LogP contribution in [0.3, 0.4) is 0 Å². The highest BCUT2D eigenvalue weighted by Crippen LogP contribution is 2.33. The van der Waals surface area contributed by atoms with Gasteiger partial charge >= 0.3 is 12.1 Å². The number of carbonyl (C=O) groups is 2. The van der Waals surface area contributed by atoms with Gasteiger partial charge in [0.15, 0.2) is 0 Å². The van der Waals surface area contributed by atoms with E-state index in [9.17, 15) is 9.59 Å². The van der Waals surface area contributed by atoms with E-state index in [4.69, 9.17) is 10.1 Å². The van der Waals surface area contributed by atoms with E-state index in [-0.39, 0.29) is 19.4 Å². The number of hydrogen-bond acceptors (Lipinski definition) is 10. The van der Waals surface area contributed by atoms with E-state index in [0.717, 1.165) is 21.3 Å². The zero-order valence-electron chi connectivity index (χ0n) is 13.5. The number of hydrogen-bond donors (Lipinski definition) is 2. The second kappa shape index (κ2) is 8.95. The number of methoxy groups -OCH3 is 1. The van der Waals surface area contributed by atoms with Gasteiger partial charge in [-0.2, -0.15) is 10.7 Å². The van der Waals surface area contributed by atoms with Gasteiger partial charge in [-0.25, -0.2) is 14.8 Å². The lowest BCUT2D eigenvalue weighted by atomic mass is 10.3. The molecule has 2 heterocycles. The molecular weight excluding hydrogens is 366 g/mol. The maximum absolute atomic E-state index is 11.5. The molecule has 0 saturated carbocycles. The molecule has 0 aliphatic carbocycles. The summed E-state index contributed by atoms with van der Waals surface area (Å²) in [6.45, 7) is 1.92. The number of amides is 1. The molecule has 0 aromatic carbocycles. The Labute approximate surface area is 151 Å². The number of aryl methyl sites for hydroxylation is 1. The quantitative estimate of drug-likeness (QED) is 0.552. The van der Waals surface area contributed by atoms with Gasteiger partial charge in [0.1, 0.15) is 5.01 Å². The molecule has 2 N–H and O–H groups in total. The summed E-state index contributed by atoms with van der Waals surface area (Å²) in [5.74, 6) is -0.424. The number of rotatable bonds is 7. The summed E-state index contributed by atoms with van der Waals surface area (Å²) in [6.07, 6.45) is -0.410. The molecule has 2 aromatic heterocycles. The number of ether oxygens (including phenoxy) is 1. The van der Waals surface area contributed by atoms with E-state index in [2.05, 4.69) is 31.6 Å². The number of nitrogens with zero attached hydrogens (tertiary/aromatic N) is 3. The molecule has 0 spiro atoms. The van der Waals surface area contributed by atoms with Crippen molar-refractivity contribution in [3.05, 3.63) is 16.1 Å². The lowest BCUT2D eigenvalue weighted by molar-refractivity contribution is -0.140. The molecule has 0 atom stereocenters. The van der Waals surface area contributed by atoms with E-state index in [1.54, 1.807) is 0 Å². The standard InChI is InChI=1S/C14H15N5O4S2/c1-8-12(9-7-24-10(18-9)3-5-15)25-13(17-8)19-23-14(21)16-6-4-11(20)22-2/h7H,3-4,6H2,1-2H3,(H,16,21)(H,17,19). The molecule has 0 fully saturated rings. The molecule has 0 aliphatic heterocycles. The van der Waals surface area contributed by atoms with Crippen LogP contribution in [0, 0.1) is 18.3 Å². The second-order valence-electron chi connectivity index (χ2n) is 4.64. The van der Waals surface area contributed by atoms with Gasteiger partial charge in [0.2, 0.25) is 5.13 Å². The Morgan fingerprint density at radius 1 is 1.40 bits per heavy atom. The molecule has 0 unspecified atom stereocenters. The predicted octanol–water partition coefficient (Wildman–Crippen LogP) is 2.26. The van der Waals surface area contributed by atoms with Crippen molar-refractivity contribution in [2.75, 3.05) is 19.1 Å². The molecule has 2 aromatic rings. The van der Waals surface area contributed by atoms with Crippen LogP contribution in [0.25, 0.3) is 10.6 Å². The zero-order chi connectivity index (χ0) is 18.2. The number of thiazole rings is 2. The molecule has 0 aliphatic rings. The van der Waals surface area contributed by atoms with Crippen LogP contribution in [0.1, 0.15) is 17.1 Å². The van der Waals surface area contributed by atoms with Gasteiger partial charge in [-0.15, -0.1) is 11.3 Å². The summed E-state index contributed by atoms with van der Waals surface area (Å²) in [4.78, 5) is 36.7. The van der Waals surface area contributed by atoms with Crippen molar-refractivity contribution < 1.29 is 19.2 Å². The van der Waals surface area contributed by atoms with E-state index in [0.29, 0.717) is 5.13 Å². The summed E-state index contributed by atoms with van der Waals surface area (Å²) in [5, 5.41) is 14.1. The average Bonchev–Trinajstić information content (AvgIpc) is 3.19. The summed E-state index contributed by atoms with van der Waals surface area (Å²) in [6, 6.07) is 2.06. The van der Waals surface area contributed by atoms with Crippen LogP contribution in [-0.4, -0.2) is 35.7 Å². The van der Waals surface area contributed by atoms with E-state index < -0.39 is 12.1 Å². The Balaban J connectivity index is 1.88. The average molecular weight is 381 g/mol. The minimum atomic E-state index is -0.733. The van der Waals surface area contributed by atoms with Crippen LogP contribution in [-0.2, 0) is 20.8 Å². The lowest BCUT2D eigenvalue weighted by Gasteiger charge is -2.05. The van der Waals surface area contributed by atoms with Crippen molar-refractivity contribution in [3.8, 4) is 16.6 Å². The molecule has 132 valence electrons. The normalized spacial score (nSPS) is 9.96. The molecule has 1 amide bonds. The lowest BCUT2D eigenvalue weighted by Crippen LogP contribution is -2.28. The highest BCUT2D eigenvalue weighted by atomic mass is 32.1. The van der Waals surface area contributed by atoms with Crippen molar-refractivity contribution in [3.63, 3.8) is 0 Å². The van der Waals surface area contributed by atoms with Gasteiger partial charge in [-0.05, 0) is 6.92 Å². The van der Waals surface area contributed by atoms with Crippen molar-refractivity contribution >= 4 is 39.9 Å². The fourth-order valence-electron chi connectivity index (χ4n) is 1.74. The number of esters is 1. The van der Waals surface area contributed by atoms with Gasteiger partial charge in [-0.3, -0.25) is 4.79 Å². The summed E-state index contributed by atoms with van der Waals surface area (Å²) in [5.41, 5.74) is 3.93. The molecular formula is C14H15N5O4S2. The number of aromatic nitrogens is 2. The monoisotopic (exact) mass is 381 g/mol. The van der Waals surface area contributed by atoms with Gasteiger partial charge in [0.25, 0.3) is 0 Å². The third kappa shape index (κ3) is 5.40. The summed E-state index contributed by atoms with van der Waals surface area (Å²) >= 11 is 2.69. The Hall–Kier alpha value is -2.71. The Bertz CT molecular complexity index is 795. The van der Waals surface area contributed by atoms with Crippen LogP contribution in [0.2, 0.25) is 0 Å². The molecule has 0 radical (unpaired) electrons. The Morgan fingerprint density at radius 3 is 2.92 bits per heavy atom. The maximum Gasteiger partial charge on any atom is 0.431 e. The predicted molar refractivity (Wildman–Crippen MR) is 92.0 cm³/mol. The first-order chi connectivity index (χ1) is 12.0. The summed E-state index contributed by atoms with van der Waals surface area (Å²) in [7, 11) is 1.27. The SMILES string of the molecule is COC(=O)CCNC(=O)ONc1nc(C)c(-c2csc(CC#N)n2)s1. The Kier molecular flexibility index (Phi) is 6.67. The largest absolute Gasteiger partial charge is 0.469 e. The first-order valence-corrected chi connectivity index (χ1v) is 8.79. The second-order valence-corrected chi connectivity index (χ2v) is 6.58. The van der Waals surface area contributed by atoms with Gasteiger partial charge in [0, 0.05) is 11.9 Å². The molecule has 2 rings (SSSR count). The number of nitrogens with one attached hydrogen (secondary N) is 2. The van der Waals surface area contributed by atoms with Crippen LogP contribution in [0.4, 0.5) is 9.93 Å². The Morgan fingerprint density at radius 2 is 2.20 bits per heavy atom. The number of nitriles is 1. The van der Waals surface area contributed by atoms with E-state index in [1.807, 2.05) is 12.3 Å². The minimum absolute atomic E-state index is 0.0565. The van der Waals surface area contributed by atoms with Gasteiger partial charge < -0.3 is 14.9 Å². The van der Waals surface area contributed by atoms with Crippen LogP contribution < -0.4 is 10.8 Å². The zero-order valence-corrected chi connectivity index (χ0v) is 15.1. The van der Waals surface area contributed by atoms with Crippen LogP contribution in [0.5, 0.6) is 0 Å². The molecule has 0 saturated heterocycles. The third-order valence-electron chi connectivity index (χ3n) is 2.87. The van der Waals surface area contributed by atoms with Crippen LogP contribution >= 0.6 is 22.7 Å². The molecule has 0 bridgehead atoms. The topological polar surface area (TPSA) is 126 Å². The van der Waals surface area contributed by atoms with Gasteiger partial charge in [-0.1, -0.05) is 11.3 Å². The van der Waals surface area contributed by atoms with Crippen molar-refractivity contribution in [1.82, 2.24) is 15.3 Å². The number of carbonyl (C=O) groups excluding carboxylic acids is 2. The van der Waals surface area contributed by atoms with Gasteiger partial charge in [0.05, 0.1) is 42.3 Å². The molecule has 11 heteroatoms. The van der Waals surface area contributed by atoms with E-state index >= 15 is 0 Å². The maximum atomic E-state index is 11.5. The molecule has 25 heavy (non-hydrogen) atoms. The summed E-state index contributed by atoms with van der Waals surface area (Å²) < 4.78 is 4.46. The first kappa shape index (κ1) is 18.6.